The van der Waals surface area contributed by atoms with Gasteiger partial charge in [-0.25, -0.2) is 8.78 Å². The van der Waals surface area contributed by atoms with Crippen LogP contribution >= 0.6 is 0 Å². The average Bonchev–Trinajstić information content (AvgIpc) is 2.49. The molecule has 0 radical (unpaired) electrons. The van der Waals surface area contributed by atoms with Crippen molar-refractivity contribution >= 4 is 5.91 Å². The highest BCUT2D eigenvalue weighted by atomic mass is 19.1. The largest absolute Gasteiger partial charge is 0.352 e. The van der Waals surface area contributed by atoms with Crippen molar-refractivity contribution in [2.45, 2.75) is 19.5 Å². The number of halogens is 2. The molecule has 21 heavy (non-hydrogen) atoms. The fourth-order valence-electron chi connectivity index (χ4n) is 1.99. The molecule has 5 heteroatoms. The van der Waals surface area contributed by atoms with Crippen LogP contribution in [0.5, 0.6) is 0 Å². The molecule has 2 rings (SSSR count). The maximum absolute atomic E-state index is 13.4. The summed E-state index contributed by atoms with van der Waals surface area (Å²) < 4.78 is 26.9. The van der Waals surface area contributed by atoms with E-state index in [2.05, 4.69) is 5.32 Å². The van der Waals surface area contributed by atoms with Crippen LogP contribution < -0.4 is 11.1 Å². The van der Waals surface area contributed by atoms with Gasteiger partial charge in [0.05, 0.1) is 6.42 Å². The van der Waals surface area contributed by atoms with Crippen LogP contribution in [0, 0.1) is 11.6 Å². The molecule has 0 unspecified atom stereocenters. The summed E-state index contributed by atoms with van der Waals surface area (Å²) in [5, 5.41) is 2.64. The van der Waals surface area contributed by atoms with E-state index in [4.69, 9.17) is 5.73 Å². The number of carbonyl (C=O) groups is 1. The molecular weight excluding hydrogens is 274 g/mol. The Morgan fingerprint density at radius 3 is 2.33 bits per heavy atom. The average molecular weight is 290 g/mol. The Kier molecular flexibility index (Phi) is 5.00. The molecule has 3 N–H and O–H groups in total. The molecule has 2 aromatic carbocycles. The molecule has 1 amide bonds. The van der Waals surface area contributed by atoms with Crippen LogP contribution in [0.15, 0.2) is 42.5 Å². The number of nitrogens with one attached hydrogen (secondary N) is 1. The summed E-state index contributed by atoms with van der Waals surface area (Å²) in [6.07, 6.45) is -0.324. The van der Waals surface area contributed by atoms with E-state index < -0.39 is 17.5 Å². The van der Waals surface area contributed by atoms with E-state index in [1.807, 2.05) is 24.3 Å². The summed E-state index contributed by atoms with van der Waals surface area (Å²) >= 11 is 0. The van der Waals surface area contributed by atoms with Crippen LogP contribution in [-0.4, -0.2) is 5.91 Å². The molecule has 0 spiro atoms. The minimum Gasteiger partial charge on any atom is -0.352 e. The number of benzene rings is 2. The molecular formula is C16H16F2N2O. The fourth-order valence-corrected chi connectivity index (χ4v) is 1.99. The third-order valence-corrected chi connectivity index (χ3v) is 3.12. The van der Waals surface area contributed by atoms with Gasteiger partial charge in [0, 0.05) is 18.7 Å². The van der Waals surface area contributed by atoms with E-state index >= 15 is 0 Å². The first-order valence-electron chi connectivity index (χ1n) is 6.57. The van der Waals surface area contributed by atoms with E-state index in [9.17, 15) is 13.6 Å². The summed E-state index contributed by atoms with van der Waals surface area (Å²) in [6, 6.07) is 11.0. The molecule has 110 valence electrons. The second kappa shape index (κ2) is 6.95. The van der Waals surface area contributed by atoms with Crippen molar-refractivity contribution in [1.29, 1.82) is 0 Å². The Hall–Kier alpha value is -2.27. The van der Waals surface area contributed by atoms with Crippen LogP contribution in [0.3, 0.4) is 0 Å². The van der Waals surface area contributed by atoms with Gasteiger partial charge in [0.25, 0.3) is 0 Å². The van der Waals surface area contributed by atoms with Crippen LogP contribution in [0.4, 0.5) is 8.78 Å². The molecule has 0 aliphatic rings. The number of carbonyl (C=O) groups excluding carboxylic acids is 1. The van der Waals surface area contributed by atoms with Crippen molar-refractivity contribution in [3.8, 4) is 0 Å². The van der Waals surface area contributed by atoms with E-state index in [0.717, 1.165) is 23.3 Å². The molecule has 0 heterocycles. The second-order valence-corrected chi connectivity index (χ2v) is 4.68. The van der Waals surface area contributed by atoms with Gasteiger partial charge >= 0.3 is 0 Å². The first kappa shape index (κ1) is 15.1. The van der Waals surface area contributed by atoms with E-state index in [-0.39, 0.29) is 12.0 Å². The second-order valence-electron chi connectivity index (χ2n) is 4.68. The summed E-state index contributed by atoms with van der Waals surface area (Å²) in [7, 11) is 0. The van der Waals surface area contributed by atoms with E-state index in [1.54, 1.807) is 0 Å². The van der Waals surface area contributed by atoms with E-state index in [1.165, 1.54) is 6.07 Å². The van der Waals surface area contributed by atoms with Gasteiger partial charge in [-0.3, -0.25) is 4.79 Å². The van der Waals surface area contributed by atoms with Gasteiger partial charge in [0.2, 0.25) is 5.91 Å². The lowest BCUT2D eigenvalue weighted by Crippen LogP contribution is -2.25. The smallest absolute Gasteiger partial charge is 0.224 e. The van der Waals surface area contributed by atoms with Crippen molar-refractivity contribution in [2.24, 2.45) is 5.73 Å². The third kappa shape index (κ3) is 4.10. The lowest BCUT2D eigenvalue weighted by molar-refractivity contribution is -0.120. The standard InChI is InChI=1S/C16H16F2N2O/c17-14-5-2-6-15(18)13(14)8-16(21)20-10-12-4-1-3-11(7-12)9-19/h1-7H,8-10,19H2,(H,20,21). The molecule has 3 nitrogen and oxygen atoms in total. The number of rotatable bonds is 5. The SMILES string of the molecule is NCc1cccc(CNC(=O)Cc2c(F)cccc2F)c1. The number of amides is 1. The Morgan fingerprint density at radius 2 is 1.67 bits per heavy atom. The first-order valence-corrected chi connectivity index (χ1v) is 6.57. The quantitative estimate of drug-likeness (QED) is 0.887. The molecule has 0 fully saturated rings. The summed E-state index contributed by atoms with van der Waals surface area (Å²) in [5.41, 5.74) is 7.17. The van der Waals surface area contributed by atoms with Gasteiger partial charge in [-0.05, 0) is 23.3 Å². The van der Waals surface area contributed by atoms with Gasteiger partial charge in [0.1, 0.15) is 11.6 Å². The highest BCUT2D eigenvalue weighted by Gasteiger charge is 2.12. The van der Waals surface area contributed by atoms with Crippen LogP contribution in [-0.2, 0) is 24.3 Å². The maximum Gasteiger partial charge on any atom is 0.224 e. The van der Waals surface area contributed by atoms with Gasteiger partial charge in [-0.2, -0.15) is 0 Å². The minimum atomic E-state index is -0.713. The lowest BCUT2D eigenvalue weighted by atomic mass is 10.1. The van der Waals surface area contributed by atoms with Crippen molar-refractivity contribution in [1.82, 2.24) is 5.32 Å². The monoisotopic (exact) mass is 290 g/mol. The summed E-state index contributed by atoms with van der Waals surface area (Å²) in [4.78, 5) is 11.8. The third-order valence-electron chi connectivity index (χ3n) is 3.12. The molecule has 0 aromatic heterocycles. The predicted octanol–water partition coefficient (Wildman–Crippen LogP) is 2.28. The Balaban J connectivity index is 1.96. The summed E-state index contributed by atoms with van der Waals surface area (Å²) in [6.45, 7) is 0.713. The fraction of sp³-hybridized carbons (Fsp3) is 0.188. The first-order chi connectivity index (χ1) is 10.1. The zero-order chi connectivity index (χ0) is 15.2. The van der Waals surface area contributed by atoms with Gasteiger partial charge in [0.15, 0.2) is 0 Å². The number of hydrogen-bond acceptors (Lipinski definition) is 2. The maximum atomic E-state index is 13.4. The Morgan fingerprint density at radius 1 is 1.05 bits per heavy atom. The molecule has 0 aliphatic carbocycles. The van der Waals surface area contributed by atoms with Crippen LogP contribution in [0.1, 0.15) is 16.7 Å². The summed E-state index contributed by atoms with van der Waals surface area (Å²) in [5.74, 6) is -1.86. The molecule has 0 bridgehead atoms. The molecule has 2 aromatic rings. The molecule has 0 atom stereocenters. The predicted molar refractivity (Wildman–Crippen MR) is 76.2 cm³/mol. The van der Waals surface area contributed by atoms with Crippen molar-refractivity contribution in [3.63, 3.8) is 0 Å². The zero-order valence-corrected chi connectivity index (χ0v) is 11.4. The van der Waals surface area contributed by atoms with Crippen LogP contribution in [0.25, 0.3) is 0 Å². The minimum absolute atomic E-state index is 0.217. The van der Waals surface area contributed by atoms with Gasteiger partial charge in [-0.15, -0.1) is 0 Å². The molecule has 0 aliphatic heterocycles. The highest BCUT2D eigenvalue weighted by molar-refractivity contribution is 5.78. The number of nitrogens with two attached hydrogens (primary N) is 1. The zero-order valence-electron chi connectivity index (χ0n) is 11.4. The Bertz CT molecular complexity index is 624. The van der Waals surface area contributed by atoms with E-state index in [0.29, 0.717) is 13.1 Å². The molecule has 0 saturated carbocycles. The normalized spacial score (nSPS) is 10.4. The molecule has 0 saturated heterocycles. The highest BCUT2D eigenvalue weighted by Crippen LogP contribution is 2.12. The lowest BCUT2D eigenvalue weighted by Gasteiger charge is -2.08. The van der Waals surface area contributed by atoms with Crippen molar-refractivity contribution < 1.29 is 13.6 Å². The number of hydrogen-bond donors (Lipinski definition) is 2. The topological polar surface area (TPSA) is 55.1 Å². The van der Waals surface area contributed by atoms with Gasteiger partial charge in [-0.1, -0.05) is 30.3 Å². The van der Waals surface area contributed by atoms with Crippen molar-refractivity contribution in [3.05, 3.63) is 70.8 Å². The van der Waals surface area contributed by atoms with Crippen LogP contribution in [0.2, 0.25) is 0 Å². The van der Waals surface area contributed by atoms with Crippen molar-refractivity contribution in [2.75, 3.05) is 0 Å². The Labute approximate surface area is 121 Å². The van der Waals surface area contributed by atoms with Gasteiger partial charge < -0.3 is 11.1 Å².